The summed E-state index contributed by atoms with van der Waals surface area (Å²) in [5.41, 5.74) is 1.32. The highest BCUT2D eigenvalue weighted by atomic mass is 16.5. The summed E-state index contributed by atoms with van der Waals surface area (Å²) in [6.45, 7) is 6.71. The Balaban J connectivity index is 1.55. The van der Waals surface area contributed by atoms with E-state index in [-0.39, 0.29) is 0 Å². The van der Waals surface area contributed by atoms with Crippen LogP contribution in [-0.4, -0.2) is 32.3 Å². The van der Waals surface area contributed by atoms with E-state index >= 15 is 0 Å². The van der Waals surface area contributed by atoms with Gasteiger partial charge in [0.25, 0.3) is 0 Å². The third kappa shape index (κ3) is 3.45. The summed E-state index contributed by atoms with van der Waals surface area (Å²) in [5, 5.41) is 3.39. The summed E-state index contributed by atoms with van der Waals surface area (Å²) in [6.07, 6.45) is 5.46. The number of ether oxygens (including phenoxy) is 1. The van der Waals surface area contributed by atoms with E-state index in [0.29, 0.717) is 6.10 Å². The van der Waals surface area contributed by atoms with Gasteiger partial charge in [0.2, 0.25) is 0 Å². The van der Waals surface area contributed by atoms with E-state index in [1.54, 1.807) is 0 Å². The molecule has 0 spiro atoms. The van der Waals surface area contributed by atoms with Crippen molar-refractivity contribution in [2.75, 3.05) is 31.1 Å². The van der Waals surface area contributed by atoms with Crippen LogP contribution in [0.25, 0.3) is 0 Å². The van der Waals surface area contributed by atoms with Gasteiger partial charge in [-0.3, -0.25) is 0 Å². The molecule has 2 fully saturated rings. The molecule has 1 aliphatic carbocycles. The van der Waals surface area contributed by atoms with Crippen LogP contribution in [0.1, 0.15) is 32.6 Å². The molecule has 0 bridgehead atoms. The Morgan fingerprint density at radius 1 is 1.00 bits per heavy atom. The Morgan fingerprint density at radius 2 is 1.65 bits per heavy atom. The average molecular weight is 274 g/mol. The number of nitrogens with one attached hydrogen (secondary N) is 1. The van der Waals surface area contributed by atoms with Crippen LogP contribution >= 0.6 is 0 Å². The minimum absolute atomic E-state index is 0.427. The molecule has 0 radical (unpaired) electrons. The second-order valence-electron chi connectivity index (χ2n) is 6.23. The molecule has 110 valence electrons. The Hall–Kier alpha value is -1.22. The number of benzene rings is 1. The van der Waals surface area contributed by atoms with E-state index in [1.807, 2.05) is 0 Å². The van der Waals surface area contributed by atoms with Crippen LogP contribution in [0.5, 0.6) is 5.75 Å². The van der Waals surface area contributed by atoms with Gasteiger partial charge in [0.05, 0.1) is 6.10 Å². The van der Waals surface area contributed by atoms with Crippen LogP contribution in [-0.2, 0) is 0 Å². The highest BCUT2D eigenvalue weighted by Crippen LogP contribution is 2.28. The normalized spacial score (nSPS) is 27.4. The zero-order valence-corrected chi connectivity index (χ0v) is 12.5. The van der Waals surface area contributed by atoms with Gasteiger partial charge in [0.15, 0.2) is 0 Å². The maximum absolute atomic E-state index is 6.12. The van der Waals surface area contributed by atoms with E-state index in [9.17, 15) is 0 Å². The molecular formula is C17H26N2O. The fourth-order valence-electron chi connectivity index (χ4n) is 3.20. The number of piperazine rings is 1. The van der Waals surface area contributed by atoms with Gasteiger partial charge in [-0.2, -0.15) is 0 Å². The van der Waals surface area contributed by atoms with Crippen molar-refractivity contribution in [3.8, 4) is 5.75 Å². The first-order chi connectivity index (χ1) is 9.81. The van der Waals surface area contributed by atoms with Crippen molar-refractivity contribution >= 4 is 5.69 Å². The van der Waals surface area contributed by atoms with Gasteiger partial charge in [-0.1, -0.05) is 6.92 Å². The Kier molecular flexibility index (Phi) is 4.46. The summed E-state index contributed by atoms with van der Waals surface area (Å²) in [7, 11) is 0. The first-order valence-electron chi connectivity index (χ1n) is 8.03. The van der Waals surface area contributed by atoms with E-state index < -0.39 is 0 Å². The Labute approximate surface area is 122 Å². The molecule has 1 saturated heterocycles. The van der Waals surface area contributed by atoms with E-state index in [2.05, 4.69) is 41.4 Å². The number of hydrogen-bond donors (Lipinski definition) is 1. The number of nitrogens with zero attached hydrogens (tertiary/aromatic N) is 1. The number of hydrogen-bond acceptors (Lipinski definition) is 3. The molecule has 1 saturated carbocycles. The first kappa shape index (κ1) is 13.7. The summed E-state index contributed by atoms with van der Waals surface area (Å²) in [6, 6.07) is 8.67. The number of anilines is 1. The van der Waals surface area contributed by atoms with Crippen molar-refractivity contribution in [1.29, 1.82) is 0 Å². The molecule has 3 heteroatoms. The predicted octanol–water partition coefficient (Wildman–Crippen LogP) is 3.05. The van der Waals surface area contributed by atoms with Crippen molar-refractivity contribution in [3.05, 3.63) is 24.3 Å². The molecule has 0 aromatic heterocycles. The van der Waals surface area contributed by atoms with Gasteiger partial charge >= 0.3 is 0 Å². The van der Waals surface area contributed by atoms with Gasteiger partial charge in [0, 0.05) is 31.9 Å². The third-order valence-electron chi connectivity index (χ3n) is 4.58. The zero-order valence-electron chi connectivity index (χ0n) is 12.5. The molecule has 1 aromatic carbocycles. The standard InChI is InChI=1S/C17H26N2O/c1-14-2-6-16(7-3-14)20-17-8-4-15(5-9-17)19-12-10-18-11-13-19/h4-5,8-9,14,16,18H,2-3,6-7,10-13H2,1H3. The molecule has 1 heterocycles. The van der Waals surface area contributed by atoms with Gasteiger partial charge in [0.1, 0.15) is 5.75 Å². The van der Waals surface area contributed by atoms with Crippen LogP contribution in [0, 0.1) is 5.92 Å². The maximum atomic E-state index is 6.12. The lowest BCUT2D eigenvalue weighted by Crippen LogP contribution is -2.43. The molecule has 1 aliphatic heterocycles. The molecule has 0 amide bonds. The largest absolute Gasteiger partial charge is 0.490 e. The second-order valence-corrected chi connectivity index (χ2v) is 6.23. The summed E-state index contributed by atoms with van der Waals surface area (Å²) in [4.78, 5) is 2.43. The smallest absolute Gasteiger partial charge is 0.119 e. The van der Waals surface area contributed by atoms with Crippen molar-refractivity contribution in [2.45, 2.75) is 38.7 Å². The van der Waals surface area contributed by atoms with Crippen molar-refractivity contribution in [1.82, 2.24) is 5.32 Å². The van der Waals surface area contributed by atoms with Gasteiger partial charge in [-0.05, 0) is 55.9 Å². The summed E-state index contributed by atoms with van der Waals surface area (Å²) in [5.74, 6) is 1.91. The van der Waals surface area contributed by atoms with Crippen LogP contribution in [0.3, 0.4) is 0 Å². The molecule has 3 nitrogen and oxygen atoms in total. The Morgan fingerprint density at radius 3 is 2.30 bits per heavy atom. The third-order valence-corrected chi connectivity index (χ3v) is 4.58. The minimum Gasteiger partial charge on any atom is -0.490 e. The van der Waals surface area contributed by atoms with E-state index in [1.165, 1.54) is 31.4 Å². The topological polar surface area (TPSA) is 24.5 Å². The van der Waals surface area contributed by atoms with Crippen LogP contribution in [0.15, 0.2) is 24.3 Å². The lowest BCUT2D eigenvalue weighted by molar-refractivity contribution is 0.135. The zero-order chi connectivity index (χ0) is 13.8. The van der Waals surface area contributed by atoms with Crippen molar-refractivity contribution < 1.29 is 4.74 Å². The molecule has 0 unspecified atom stereocenters. The monoisotopic (exact) mass is 274 g/mol. The van der Waals surface area contributed by atoms with Crippen LogP contribution in [0.4, 0.5) is 5.69 Å². The molecule has 0 atom stereocenters. The van der Waals surface area contributed by atoms with Gasteiger partial charge < -0.3 is 15.0 Å². The lowest BCUT2D eigenvalue weighted by atomic mass is 9.89. The van der Waals surface area contributed by atoms with E-state index in [4.69, 9.17) is 4.74 Å². The first-order valence-corrected chi connectivity index (χ1v) is 8.03. The van der Waals surface area contributed by atoms with Crippen LogP contribution in [0.2, 0.25) is 0 Å². The summed E-state index contributed by atoms with van der Waals surface area (Å²) < 4.78 is 6.12. The van der Waals surface area contributed by atoms with E-state index in [0.717, 1.165) is 37.8 Å². The van der Waals surface area contributed by atoms with Gasteiger partial charge in [-0.25, -0.2) is 0 Å². The maximum Gasteiger partial charge on any atom is 0.119 e. The summed E-state index contributed by atoms with van der Waals surface area (Å²) >= 11 is 0. The average Bonchev–Trinajstić information content (AvgIpc) is 2.51. The molecule has 1 aromatic rings. The fraction of sp³-hybridized carbons (Fsp3) is 0.647. The number of rotatable bonds is 3. The fourth-order valence-corrected chi connectivity index (χ4v) is 3.20. The molecule has 3 rings (SSSR count). The quantitative estimate of drug-likeness (QED) is 0.917. The van der Waals surface area contributed by atoms with Crippen molar-refractivity contribution in [3.63, 3.8) is 0 Å². The molecule has 1 N–H and O–H groups in total. The second kappa shape index (κ2) is 6.49. The Bertz CT molecular complexity index is 404. The van der Waals surface area contributed by atoms with Crippen LogP contribution < -0.4 is 15.0 Å². The SMILES string of the molecule is CC1CCC(Oc2ccc(N3CCNCC3)cc2)CC1. The van der Waals surface area contributed by atoms with Crippen molar-refractivity contribution in [2.24, 2.45) is 5.92 Å². The molecule has 2 aliphatic rings. The minimum atomic E-state index is 0.427. The highest BCUT2D eigenvalue weighted by Gasteiger charge is 2.19. The lowest BCUT2D eigenvalue weighted by Gasteiger charge is -2.30. The highest BCUT2D eigenvalue weighted by molar-refractivity contribution is 5.49. The predicted molar refractivity (Wildman–Crippen MR) is 83.6 cm³/mol. The van der Waals surface area contributed by atoms with Gasteiger partial charge in [-0.15, -0.1) is 0 Å². The molecular weight excluding hydrogens is 248 g/mol. The molecule has 20 heavy (non-hydrogen) atoms.